The van der Waals surface area contributed by atoms with E-state index < -0.39 is 5.97 Å². The van der Waals surface area contributed by atoms with Crippen LogP contribution in [0, 0.1) is 0 Å². The number of nitrogens with two attached hydrogens (primary N) is 1. The van der Waals surface area contributed by atoms with Gasteiger partial charge in [0.15, 0.2) is 0 Å². The fourth-order valence-electron chi connectivity index (χ4n) is 0.809. The van der Waals surface area contributed by atoms with Gasteiger partial charge in [0.25, 0.3) is 5.97 Å². The predicted molar refractivity (Wildman–Crippen MR) is 43.5 cm³/mol. The Bertz CT molecular complexity index is 166. The van der Waals surface area contributed by atoms with Gasteiger partial charge >= 0.3 is 0 Å². The predicted octanol–water partition coefficient (Wildman–Crippen LogP) is -0.685. The summed E-state index contributed by atoms with van der Waals surface area (Å²) in [5.41, 5.74) is 5.46. The summed E-state index contributed by atoms with van der Waals surface area (Å²) >= 11 is 0. The zero-order valence-corrected chi connectivity index (χ0v) is 7.04. The highest BCUT2D eigenvalue weighted by atomic mass is 16.4. The van der Waals surface area contributed by atoms with Gasteiger partial charge in [0.2, 0.25) is 5.91 Å². The molecule has 0 aromatic carbocycles. The topological polar surface area (TPSA) is 92.4 Å². The Morgan fingerprint density at radius 1 is 1.75 bits per heavy atom. The van der Waals surface area contributed by atoms with Crippen LogP contribution in [0.15, 0.2) is 0 Å². The second kappa shape index (κ2) is 5.54. The summed E-state index contributed by atoms with van der Waals surface area (Å²) in [5.74, 6) is -0.747. The Hall–Kier alpha value is -1.10. The summed E-state index contributed by atoms with van der Waals surface area (Å²) in [6.45, 7) is 1.83. The maximum absolute atomic E-state index is 10.5. The quantitative estimate of drug-likeness (QED) is 0.453. The number of carbonyl (C=O) groups excluding carboxylic acids is 1. The lowest BCUT2D eigenvalue weighted by Crippen LogP contribution is -2.40. The summed E-state index contributed by atoms with van der Waals surface area (Å²) in [6, 6.07) is 0.101. The zero-order valence-electron chi connectivity index (χ0n) is 7.04. The molecule has 70 valence electrons. The minimum atomic E-state index is -0.833. The summed E-state index contributed by atoms with van der Waals surface area (Å²) in [7, 11) is 0. The minimum Gasteiger partial charge on any atom is -0.481 e. The summed E-state index contributed by atoms with van der Waals surface area (Å²) in [5, 5.41) is 10.1. The largest absolute Gasteiger partial charge is 0.481 e. The Balaban J connectivity index is 0.000000261. The molecule has 0 bridgehead atoms. The van der Waals surface area contributed by atoms with E-state index in [2.05, 4.69) is 5.32 Å². The molecule has 1 amide bonds. The van der Waals surface area contributed by atoms with Crippen molar-refractivity contribution in [2.24, 2.45) is 5.73 Å². The third-order valence-corrected chi connectivity index (χ3v) is 1.28. The molecule has 4 N–H and O–H groups in total. The monoisotopic (exact) mass is 174 g/mol. The van der Waals surface area contributed by atoms with E-state index in [1.54, 1.807) is 0 Å². The molecule has 1 aliphatic heterocycles. The van der Waals surface area contributed by atoms with Gasteiger partial charge in [-0.3, -0.25) is 9.59 Å². The zero-order chi connectivity index (χ0) is 9.56. The van der Waals surface area contributed by atoms with Gasteiger partial charge in [-0.05, 0) is 6.42 Å². The van der Waals surface area contributed by atoms with Gasteiger partial charge in [-0.2, -0.15) is 0 Å². The van der Waals surface area contributed by atoms with Gasteiger partial charge in [-0.25, -0.2) is 0 Å². The molecule has 1 heterocycles. The first-order valence-corrected chi connectivity index (χ1v) is 3.74. The van der Waals surface area contributed by atoms with Crippen molar-refractivity contribution >= 4 is 11.9 Å². The summed E-state index contributed by atoms with van der Waals surface area (Å²) < 4.78 is 0. The van der Waals surface area contributed by atoms with Crippen LogP contribution in [0.2, 0.25) is 0 Å². The number of rotatable bonds is 0. The third-order valence-electron chi connectivity index (χ3n) is 1.28. The van der Waals surface area contributed by atoms with Gasteiger partial charge in [-0.15, -0.1) is 0 Å². The van der Waals surface area contributed by atoms with Crippen molar-refractivity contribution < 1.29 is 14.7 Å². The minimum absolute atomic E-state index is 0.0868. The van der Waals surface area contributed by atoms with Crippen LogP contribution in [-0.2, 0) is 9.59 Å². The number of aliphatic carboxylic acids is 1. The first-order chi connectivity index (χ1) is 5.52. The van der Waals surface area contributed by atoms with Gasteiger partial charge in [0.05, 0.1) is 0 Å². The Morgan fingerprint density at radius 3 is 2.50 bits per heavy atom. The highest BCUT2D eigenvalue weighted by Crippen LogP contribution is 1.98. The molecule has 5 nitrogen and oxygen atoms in total. The molecular weight excluding hydrogens is 160 g/mol. The molecule has 1 atom stereocenters. The van der Waals surface area contributed by atoms with Crippen LogP contribution in [0.25, 0.3) is 0 Å². The van der Waals surface area contributed by atoms with Crippen molar-refractivity contribution in [1.82, 2.24) is 5.32 Å². The molecule has 1 rings (SSSR count). The van der Waals surface area contributed by atoms with Gasteiger partial charge in [-0.1, -0.05) is 0 Å². The highest BCUT2D eigenvalue weighted by molar-refractivity contribution is 5.77. The number of piperidine rings is 1. The van der Waals surface area contributed by atoms with Crippen LogP contribution in [-0.4, -0.2) is 29.6 Å². The van der Waals surface area contributed by atoms with Crippen molar-refractivity contribution in [2.45, 2.75) is 25.8 Å². The maximum Gasteiger partial charge on any atom is 0.300 e. The number of nitrogens with one attached hydrogen (secondary N) is 1. The Labute approximate surface area is 70.9 Å². The van der Waals surface area contributed by atoms with E-state index in [0.717, 1.165) is 19.9 Å². The Kier molecular flexibility index (Phi) is 5.03. The van der Waals surface area contributed by atoms with Crippen LogP contribution in [0.3, 0.4) is 0 Å². The van der Waals surface area contributed by atoms with E-state index >= 15 is 0 Å². The molecule has 1 unspecified atom stereocenters. The van der Waals surface area contributed by atoms with E-state index in [4.69, 9.17) is 15.6 Å². The van der Waals surface area contributed by atoms with Crippen LogP contribution >= 0.6 is 0 Å². The van der Waals surface area contributed by atoms with E-state index in [9.17, 15) is 4.79 Å². The lowest BCUT2D eigenvalue weighted by molar-refractivity contribution is -0.134. The van der Waals surface area contributed by atoms with Gasteiger partial charge in [0.1, 0.15) is 0 Å². The molecule has 0 radical (unpaired) electrons. The number of carboxylic acid groups (broad SMARTS) is 1. The molecule has 0 spiro atoms. The lowest BCUT2D eigenvalue weighted by Gasteiger charge is -2.16. The SMILES string of the molecule is CC(=O)O.NC1CCNC(=O)C1. The summed E-state index contributed by atoms with van der Waals surface area (Å²) in [6.07, 6.45) is 1.42. The van der Waals surface area contributed by atoms with Crippen LogP contribution < -0.4 is 11.1 Å². The molecular formula is C7H14N2O3. The highest BCUT2D eigenvalue weighted by Gasteiger charge is 2.13. The first-order valence-electron chi connectivity index (χ1n) is 3.74. The van der Waals surface area contributed by atoms with Gasteiger partial charge < -0.3 is 16.2 Å². The molecule has 1 fully saturated rings. The average Bonchev–Trinajstić information content (AvgIpc) is 1.84. The number of hydrogen-bond donors (Lipinski definition) is 3. The molecule has 0 aliphatic carbocycles. The number of amides is 1. The molecule has 1 saturated heterocycles. The van der Waals surface area contributed by atoms with E-state index in [1.165, 1.54) is 0 Å². The molecule has 0 aromatic heterocycles. The van der Waals surface area contributed by atoms with E-state index in [1.807, 2.05) is 0 Å². The third kappa shape index (κ3) is 7.01. The average molecular weight is 174 g/mol. The summed E-state index contributed by atoms with van der Waals surface area (Å²) in [4.78, 5) is 19.5. The van der Waals surface area contributed by atoms with Gasteiger partial charge in [0, 0.05) is 25.9 Å². The number of carboxylic acids is 1. The van der Waals surface area contributed by atoms with Crippen LogP contribution in [0.1, 0.15) is 19.8 Å². The Morgan fingerprint density at radius 2 is 2.25 bits per heavy atom. The van der Waals surface area contributed by atoms with E-state index in [-0.39, 0.29) is 11.9 Å². The lowest BCUT2D eigenvalue weighted by atomic mass is 10.1. The fourth-order valence-corrected chi connectivity index (χ4v) is 0.809. The van der Waals surface area contributed by atoms with Crippen molar-refractivity contribution in [3.63, 3.8) is 0 Å². The molecule has 5 heteroatoms. The van der Waals surface area contributed by atoms with Crippen molar-refractivity contribution in [2.75, 3.05) is 6.54 Å². The normalized spacial score (nSPS) is 21.8. The van der Waals surface area contributed by atoms with Crippen molar-refractivity contribution in [3.05, 3.63) is 0 Å². The smallest absolute Gasteiger partial charge is 0.300 e. The van der Waals surface area contributed by atoms with E-state index in [0.29, 0.717) is 6.42 Å². The second-order valence-corrected chi connectivity index (χ2v) is 2.62. The van der Waals surface area contributed by atoms with Crippen molar-refractivity contribution in [1.29, 1.82) is 0 Å². The molecule has 12 heavy (non-hydrogen) atoms. The number of hydrogen-bond acceptors (Lipinski definition) is 3. The molecule has 1 aliphatic rings. The van der Waals surface area contributed by atoms with Crippen LogP contribution in [0.5, 0.6) is 0 Å². The second-order valence-electron chi connectivity index (χ2n) is 2.62. The fraction of sp³-hybridized carbons (Fsp3) is 0.714. The standard InChI is InChI=1S/C5H10N2O.C2H4O2/c6-4-1-2-7-5(8)3-4;1-2(3)4/h4H,1-3,6H2,(H,7,8);1H3,(H,3,4). The van der Waals surface area contributed by atoms with Crippen LogP contribution in [0.4, 0.5) is 0 Å². The maximum atomic E-state index is 10.5. The first kappa shape index (κ1) is 10.9. The molecule has 0 aromatic rings. The number of carbonyl (C=O) groups is 2. The van der Waals surface area contributed by atoms with Crippen molar-refractivity contribution in [3.8, 4) is 0 Å². The molecule has 0 saturated carbocycles.